The van der Waals surface area contributed by atoms with Crippen molar-refractivity contribution in [3.8, 4) is 17.2 Å². The number of halogens is 1. The lowest BCUT2D eigenvalue weighted by Crippen LogP contribution is -2.65. The highest BCUT2D eigenvalue weighted by molar-refractivity contribution is 5.92. The van der Waals surface area contributed by atoms with Crippen molar-refractivity contribution in [1.29, 1.82) is 0 Å². The van der Waals surface area contributed by atoms with Gasteiger partial charge < -0.3 is 24.4 Å². The molecule has 0 amide bonds. The second-order valence-corrected chi connectivity index (χ2v) is 9.29. The lowest BCUT2D eigenvalue weighted by atomic mass is 9.61. The smallest absolute Gasteiger partial charge is 0.341 e. The molecule has 1 saturated heterocycles. The summed E-state index contributed by atoms with van der Waals surface area (Å²) < 4.78 is 30.7. The van der Waals surface area contributed by atoms with Crippen molar-refractivity contribution < 1.29 is 23.4 Å². The zero-order chi connectivity index (χ0) is 24.0. The maximum Gasteiger partial charge on any atom is 0.341 e. The molecule has 35 heavy (non-hydrogen) atoms. The molecule has 180 valence electrons. The van der Waals surface area contributed by atoms with Gasteiger partial charge in [0.25, 0.3) is 0 Å². The molecule has 1 N–H and O–H groups in total. The summed E-state index contributed by atoms with van der Waals surface area (Å²) in [5, 5.41) is 3.32. The van der Waals surface area contributed by atoms with Gasteiger partial charge in [-0.25, -0.2) is 19.2 Å². The number of esters is 1. The molecule has 3 aliphatic rings. The second-order valence-electron chi connectivity index (χ2n) is 9.29. The summed E-state index contributed by atoms with van der Waals surface area (Å²) in [7, 11) is 1.24. The van der Waals surface area contributed by atoms with Gasteiger partial charge in [-0.15, -0.1) is 0 Å². The number of methoxy groups -OCH3 is 1. The van der Waals surface area contributed by atoms with Crippen molar-refractivity contribution in [2.45, 2.75) is 32.0 Å². The number of pyridine rings is 1. The molecular formula is C25H24FN5O4. The number of nitrogens with one attached hydrogen (secondary N) is 1. The first-order valence-corrected chi connectivity index (χ1v) is 11.5. The van der Waals surface area contributed by atoms with Crippen LogP contribution in [-0.2, 0) is 17.8 Å². The highest BCUT2D eigenvalue weighted by Crippen LogP contribution is 2.52. The van der Waals surface area contributed by atoms with Crippen molar-refractivity contribution in [2.24, 2.45) is 5.41 Å². The Balaban J connectivity index is 1.12. The van der Waals surface area contributed by atoms with Gasteiger partial charge >= 0.3 is 5.97 Å². The summed E-state index contributed by atoms with van der Waals surface area (Å²) in [4.78, 5) is 27.1. The third-order valence-electron chi connectivity index (χ3n) is 6.89. The molecule has 1 saturated carbocycles. The van der Waals surface area contributed by atoms with E-state index in [0.29, 0.717) is 11.6 Å². The number of aromatic nitrogens is 3. The summed E-state index contributed by atoms with van der Waals surface area (Å²) in [5.74, 6) is 0.905. The third-order valence-corrected chi connectivity index (χ3v) is 6.89. The fourth-order valence-corrected chi connectivity index (χ4v) is 5.21. The van der Waals surface area contributed by atoms with Crippen LogP contribution in [0.4, 0.5) is 10.2 Å². The SMILES string of the molecule is COC(=O)c1cc(F)ccc1Oc1cncnc1N1CC2(CC(Oc3ccnc4c3CNC4)C2)C1. The van der Waals surface area contributed by atoms with Gasteiger partial charge in [-0.05, 0) is 37.1 Å². The van der Waals surface area contributed by atoms with Crippen LogP contribution in [0.25, 0.3) is 0 Å². The van der Waals surface area contributed by atoms with Crippen molar-refractivity contribution in [1.82, 2.24) is 20.3 Å². The minimum Gasteiger partial charge on any atom is -0.490 e. The molecule has 0 atom stereocenters. The predicted molar refractivity (Wildman–Crippen MR) is 123 cm³/mol. The summed E-state index contributed by atoms with van der Waals surface area (Å²) in [6, 6.07) is 5.67. The van der Waals surface area contributed by atoms with Gasteiger partial charge in [-0.3, -0.25) is 4.98 Å². The number of nitrogens with zero attached hydrogens (tertiary/aromatic N) is 4. The van der Waals surface area contributed by atoms with Crippen molar-refractivity contribution in [2.75, 3.05) is 25.1 Å². The molecule has 0 bridgehead atoms. The van der Waals surface area contributed by atoms with Crippen LogP contribution in [0.2, 0.25) is 0 Å². The Hall–Kier alpha value is -3.79. The quantitative estimate of drug-likeness (QED) is 0.537. The molecule has 10 heteroatoms. The van der Waals surface area contributed by atoms with Crippen LogP contribution < -0.4 is 19.7 Å². The zero-order valence-electron chi connectivity index (χ0n) is 19.2. The van der Waals surface area contributed by atoms with Crippen LogP contribution in [0.3, 0.4) is 0 Å². The highest BCUT2D eigenvalue weighted by Gasteiger charge is 2.54. The molecule has 1 aliphatic carbocycles. The summed E-state index contributed by atoms with van der Waals surface area (Å²) in [6.45, 7) is 3.23. The number of hydrogen-bond acceptors (Lipinski definition) is 9. The number of hydrogen-bond donors (Lipinski definition) is 1. The minimum absolute atomic E-state index is 0.000775. The van der Waals surface area contributed by atoms with E-state index in [1.807, 2.05) is 12.3 Å². The van der Waals surface area contributed by atoms with Crippen LogP contribution in [0.15, 0.2) is 43.0 Å². The van der Waals surface area contributed by atoms with E-state index in [1.54, 1.807) is 6.20 Å². The number of ether oxygens (including phenoxy) is 3. The first kappa shape index (κ1) is 21.7. The van der Waals surface area contributed by atoms with Gasteiger partial charge in [0.1, 0.15) is 35.3 Å². The van der Waals surface area contributed by atoms with Crippen LogP contribution in [0.1, 0.15) is 34.5 Å². The molecule has 4 heterocycles. The fourth-order valence-electron chi connectivity index (χ4n) is 5.21. The number of anilines is 1. The van der Waals surface area contributed by atoms with Gasteiger partial charge in [0.15, 0.2) is 11.6 Å². The van der Waals surface area contributed by atoms with E-state index in [-0.39, 0.29) is 22.8 Å². The molecule has 0 radical (unpaired) electrons. The summed E-state index contributed by atoms with van der Waals surface area (Å²) in [5.41, 5.74) is 2.42. The zero-order valence-corrected chi connectivity index (χ0v) is 19.2. The first-order chi connectivity index (χ1) is 17.0. The van der Waals surface area contributed by atoms with Gasteiger partial charge in [0.2, 0.25) is 0 Å². The van der Waals surface area contributed by atoms with E-state index in [9.17, 15) is 9.18 Å². The molecule has 6 rings (SSSR count). The number of benzene rings is 1. The Morgan fingerprint density at radius 3 is 2.83 bits per heavy atom. The number of fused-ring (bicyclic) bond motifs is 1. The Morgan fingerprint density at radius 1 is 1.14 bits per heavy atom. The minimum atomic E-state index is -0.683. The molecule has 9 nitrogen and oxygen atoms in total. The third kappa shape index (κ3) is 3.93. The number of rotatable bonds is 6. The van der Waals surface area contributed by atoms with E-state index in [1.165, 1.54) is 31.1 Å². The van der Waals surface area contributed by atoms with E-state index in [4.69, 9.17) is 14.2 Å². The average Bonchev–Trinajstić information content (AvgIpc) is 3.31. The Morgan fingerprint density at radius 2 is 2.00 bits per heavy atom. The fraction of sp³-hybridized carbons (Fsp3) is 0.360. The van der Waals surface area contributed by atoms with Crippen LogP contribution in [-0.4, -0.2) is 47.2 Å². The number of carbonyl (C=O) groups is 1. The highest BCUT2D eigenvalue weighted by atomic mass is 19.1. The molecule has 2 aromatic heterocycles. The lowest BCUT2D eigenvalue weighted by Gasteiger charge is -2.58. The second kappa shape index (κ2) is 8.46. The molecule has 2 fully saturated rings. The van der Waals surface area contributed by atoms with Gasteiger partial charge in [0, 0.05) is 43.4 Å². The normalized spacial score (nSPS) is 17.9. The lowest BCUT2D eigenvalue weighted by molar-refractivity contribution is -0.0348. The molecule has 1 aromatic carbocycles. The van der Waals surface area contributed by atoms with Crippen molar-refractivity contribution in [3.63, 3.8) is 0 Å². The maximum absolute atomic E-state index is 13.7. The molecular weight excluding hydrogens is 453 g/mol. The van der Waals surface area contributed by atoms with Gasteiger partial charge in [0.05, 0.1) is 19.0 Å². The van der Waals surface area contributed by atoms with E-state index < -0.39 is 11.8 Å². The summed E-state index contributed by atoms with van der Waals surface area (Å²) >= 11 is 0. The topological polar surface area (TPSA) is 98.7 Å². The molecule has 2 aliphatic heterocycles. The standard InChI is InChI=1S/C25H24FN5O4/c1-33-24(32)17-6-15(26)2-3-20(17)35-22-11-28-14-30-23(22)31-12-25(13-31)7-16(8-25)34-21-4-5-29-19-10-27-9-18(19)21/h2-6,11,14,16,27H,7-10,12-13H2,1H3. The van der Waals surface area contributed by atoms with E-state index in [0.717, 1.165) is 56.5 Å². The average molecular weight is 477 g/mol. The van der Waals surface area contributed by atoms with Gasteiger partial charge in [-0.1, -0.05) is 0 Å². The molecule has 3 aromatic rings. The largest absolute Gasteiger partial charge is 0.490 e. The van der Waals surface area contributed by atoms with Crippen LogP contribution in [0, 0.1) is 11.2 Å². The maximum atomic E-state index is 13.7. The van der Waals surface area contributed by atoms with Gasteiger partial charge in [-0.2, -0.15) is 0 Å². The summed E-state index contributed by atoms with van der Waals surface area (Å²) in [6.07, 6.45) is 6.95. The molecule has 0 unspecified atom stereocenters. The van der Waals surface area contributed by atoms with Crippen LogP contribution in [0.5, 0.6) is 17.2 Å². The number of carbonyl (C=O) groups excluding carboxylic acids is 1. The van der Waals surface area contributed by atoms with E-state index >= 15 is 0 Å². The first-order valence-electron chi connectivity index (χ1n) is 11.5. The van der Waals surface area contributed by atoms with Crippen molar-refractivity contribution >= 4 is 11.8 Å². The Bertz CT molecular complexity index is 1290. The Labute approximate surface area is 201 Å². The Kier molecular flexibility index (Phi) is 5.25. The van der Waals surface area contributed by atoms with Crippen molar-refractivity contribution in [3.05, 3.63) is 65.6 Å². The molecule has 1 spiro atoms. The predicted octanol–water partition coefficient (Wildman–Crippen LogP) is 3.24. The van der Waals surface area contributed by atoms with E-state index in [2.05, 4.69) is 25.2 Å². The van der Waals surface area contributed by atoms with Crippen LogP contribution >= 0.6 is 0 Å². The monoisotopic (exact) mass is 477 g/mol.